The maximum atomic E-state index is 2.16. The van der Waals surface area contributed by atoms with Crippen molar-refractivity contribution in [1.82, 2.24) is 0 Å². The van der Waals surface area contributed by atoms with Gasteiger partial charge in [0.1, 0.15) is 7.85 Å². The molecular formula is C11H13B. The minimum absolute atomic E-state index is 1.04. The van der Waals surface area contributed by atoms with E-state index in [1.807, 2.05) is 30.4 Å². The predicted octanol–water partition coefficient (Wildman–Crippen LogP) is 2.13. The van der Waals surface area contributed by atoms with E-state index in [9.17, 15) is 0 Å². The van der Waals surface area contributed by atoms with E-state index in [2.05, 4.69) is 32.2 Å². The molecular weight excluding hydrogens is 143 g/mol. The Labute approximate surface area is 75.1 Å². The van der Waals surface area contributed by atoms with Crippen LogP contribution in [0, 0.1) is 0 Å². The van der Waals surface area contributed by atoms with Crippen LogP contribution in [-0.2, 0) is 0 Å². The summed E-state index contributed by atoms with van der Waals surface area (Å²) in [6.45, 7) is 0. The molecule has 0 saturated carbocycles. The molecule has 1 aliphatic rings. The lowest BCUT2D eigenvalue weighted by Crippen LogP contribution is -1.76. The van der Waals surface area contributed by atoms with Gasteiger partial charge in [0.15, 0.2) is 0 Å². The molecule has 0 unspecified atom stereocenters. The quantitative estimate of drug-likeness (QED) is 0.471. The number of allylic oxidation sites excluding steroid dienone is 10. The normalized spacial score (nSPS) is 32.2. The van der Waals surface area contributed by atoms with Crippen LogP contribution in [0.2, 0.25) is 0 Å². The molecule has 0 aliphatic heterocycles. The first-order chi connectivity index (χ1) is 5.89. The summed E-state index contributed by atoms with van der Waals surface area (Å²) in [5.41, 5.74) is 1.38. The molecule has 0 spiro atoms. The van der Waals surface area contributed by atoms with E-state index in [4.69, 9.17) is 0 Å². The van der Waals surface area contributed by atoms with E-state index in [1.165, 1.54) is 5.47 Å². The fourth-order valence-electron chi connectivity index (χ4n) is 0.941. The summed E-state index contributed by atoms with van der Waals surface area (Å²) >= 11 is 0. The van der Waals surface area contributed by atoms with Gasteiger partial charge >= 0.3 is 0 Å². The van der Waals surface area contributed by atoms with Gasteiger partial charge in [0.05, 0.1) is 0 Å². The Morgan fingerprint density at radius 1 is 0.833 bits per heavy atom. The van der Waals surface area contributed by atoms with Gasteiger partial charge in [-0.1, -0.05) is 54.7 Å². The van der Waals surface area contributed by atoms with Gasteiger partial charge in [-0.05, 0) is 6.42 Å². The van der Waals surface area contributed by atoms with Crippen molar-refractivity contribution < 1.29 is 0 Å². The van der Waals surface area contributed by atoms with Gasteiger partial charge in [-0.2, -0.15) is 0 Å². The minimum Gasteiger partial charge on any atom is -0.106 e. The van der Waals surface area contributed by atoms with E-state index in [0.717, 1.165) is 6.42 Å². The molecule has 0 amide bonds. The SMILES string of the molecule is B\C1=C/C=C/C=C\C=C/C=C/C1. The van der Waals surface area contributed by atoms with E-state index in [0.29, 0.717) is 0 Å². The molecule has 0 aromatic carbocycles. The van der Waals surface area contributed by atoms with Crippen LogP contribution in [0.5, 0.6) is 0 Å². The zero-order valence-electron chi connectivity index (χ0n) is 7.40. The highest BCUT2D eigenvalue weighted by Crippen LogP contribution is 1.98. The van der Waals surface area contributed by atoms with Crippen molar-refractivity contribution >= 4 is 7.85 Å². The third-order valence-electron chi connectivity index (χ3n) is 1.62. The molecule has 60 valence electrons. The van der Waals surface area contributed by atoms with E-state index in [1.54, 1.807) is 0 Å². The maximum Gasteiger partial charge on any atom is 0.134 e. The number of hydrogen-bond donors (Lipinski definition) is 0. The van der Waals surface area contributed by atoms with Gasteiger partial charge in [0.2, 0.25) is 0 Å². The summed E-state index contributed by atoms with van der Waals surface area (Å²) in [6, 6.07) is 0. The molecule has 1 rings (SSSR count). The number of rotatable bonds is 0. The topological polar surface area (TPSA) is 0 Å². The Morgan fingerprint density at radius 2 is 1.42 bits per heavy atom. The second kappa shape index (κ2) is 5.42. The molecule has 0 aromatic rings. The van der Waals surface area contributed by atoms with Crippen LogP contribution < -0.4 is 0 Å². The van der Waals surface area contributed by atoms with Crippen molar-refractivity contribution in [3.05, 3.63) is 60.2 Å². The molecule has 0 fully saturated rings. The Bertz CT molecular complexity index is 265. The molecule has 0 radical (unpaired) electrons. The first kappa shape index (κ1) is 8.86. The highest BCUT2D eigenvalue weighted by atomic mass is 13.8. The predicted molar refractivity (Wildman–Crippen MR) is 57.8 cm³/mol. The second-order valence-corrected chi connectivity index (χ2v) is 2.80. The van der Waals surface area contributed by atoms with Gasteiger partial charge < -0.3 is 0 Å². The smallest absolute Gasteiger partial charge is 0.106 e. The molecule has 0 nitrogen and oxygen atoms in total. The van der Waals surface area contributed by atoms with Crippen molar-refractivity contribution in [3.63, 3.8) is 0 Å². The lowest BCUT2D eigenvalue weighted by Gasteiger charge is -1.90. The van der Waals surface area contributed by atoms with Crippen LogP contribution in [0.25, 0.3) is 0 Å². The zero-order chi connectivity index (χ0) is 8.65. The fourth-order valence-corrected chi connectivity index (χ4v) is 0.941. The average molecular weight is 156 g/mol. The maximum absolute atomic E-state index is 2.16. The monoisotopic (exact) mass is 156 g/mol. The van der Waals surface area contributed by atoms with Gasteiger partial charge in [-0.3, -0.25) is 0 Å². The van der Waals surface area contributed by atoms with Gasteiger partial charge in [-0.25, -0.2) is 0 Å². The van der Waals surface area contributed by atoms with Crippen LogP contribution in [0.4, 0.5) is 0 Å². The Balaban J connectivity index is 2.72. The van der Waals surface area contributed by atoms with Crippen molar-refractivity contribution in [2.24, 2.45) is 0 Å². The second-order valence-electron chi connectivity index (χ2n) is 2.80. The van der Waals surface area contributed by atoms with Gasteiger partial charge in [0.25, 0.3) is 0 Å². The highest BCUT2D eigenvalue weighted by Gasteiger charge is 1.81. The van der Waals surface area contributed by atoms with Gasteiger partial charge in [0, 0.05) is 0 Å². The van der Waals surface area contributed by atoms with Crippen LogP contribution >= 0.6 is 0 Å². The molecule has 1 aliphatic carbocycles. The highest BCUT2D eigenvalue weighted by molar-refractivity contribution is 6.21. The summed E-state index contributed by atoms with van der Waals surface area (Å²) < 4.78 is 0. The molecule has 0 N–H and O–H groups in total. The van der Waals surface area contributed by atoms with E-state index < -0.39 is 0 Å². The third-order valence-corrected chi connectivity index (χ3v) is 1.62. The Hall–Kier alpha value is -1.24. The van der Waals surface area contributed by atoms with Crippen LogP contribution in [0.15, 0.2) is 60.2 Å². The molecule has 1 heteroatoms. The van der Waals surface area contributed by atoms with Gasteiger partial charge in [-0.15, -0.1) is 5.47 Å². The first-order valence-corrected chi connectivity index (χ1v) is 4.22. The molecule has 12 heavy (non-hydrogen) atoms. The standard InChI is InChI=1S/C11H13B/c12-11-9-7-5-3-1-2-4-6-8-10-11/h1-9H,10,12H2/b3-1-,4-2-,7-5+,8-6+,11-9-. The molecule has 0 saturated heterocycles. The summed E-state index contributed by atoms with van der Waals surface area (Å²) in [4.78, 5) is 0. The third kappa shape index (κ3) is 3.82. The largest absolute Gasteiger partial charge is 0.134 e. The van der Waals surface area contributed by atoms with E-state index in [-0.39, 0.29) is 0 Å². The fraction of sp³-hybridized carbons (Fsp3) is 0.0909. The zero-order valence-corrected chi connectivity index (χ0v) is 7.40. The Morgan fingerprint density at radius 3 is 2.17 bits per heavy atom. The molecule has 0 aromatic heterocycles. The minimum atomic E-state index is 1.04. The summed E-state index contributed by atoms with van der Waals surface area (Å²) in [5, 5.41) is 0. The van der Waals surface area contributed by atoms with Crippen molar-refractivity contribution in [1.29, 1.82) is 0 Å². The molecule has 0 atom stereocenters. The molecule has 0 heterocycles. The van der Waals surface area contributed by atoms with Crippen LogP contribution in [0.3, 0.4) is 0 Å². The van der Waals surface area contributed by atoms with E-state index >= 15 is 0 Å². The molecule has 0 bridgehead atoms. The first-order valence-electron chi connectivity index (χ1n) is 4.22. The lowest BCUT2D eigenvalue weighted by molar-refractivity contribution is 1.35. The van der Waals surface area contributed by atoms with Crippen LogP contribution in [0.1, 0.15) is 6.42 Å². The number of hydrogen-bond acceptors (Lipinski definition) is 0. The van der Waals surface area contributed by atoms with Crippen molar-refractivity contribution in [3.8, 4) is 0 Å². The summed E-state index contributed by atoms with van der Waals surface area (Å²) in [7, 11) is 2.14. The average Bonchev–Trinajstić information content (AvgIpc) is 2.11. The summed E-state index contributed by atoms with van der Waals surface area (Å²) in [5.74, 6) is 0. The summed E-state index contributed by atoms with van der Waals surface area (Å²) in [6.07, 6.45) is 19.6. The van der Waals surface area contributed by atoms with Crippen LogP contribution in [-0.4, -0.2) is 7.85 Å². The van der Waals surface area contributed by atoms with Crippen molar-refractivity contribution in [2.75, 3.05) is 0 Å². The lowest BCUT2D eigenvalue weighted by atomic mass is 9.92. The van der Waals surface area contributed by atoms with Crippen molar-refractivity contribution in [2.45, 2.75) is 6.42 Å². The Kier molecular flexibility index (Phi) is 4.00.